The Kier molecular flexibility index (Phi) is 4.45. The first-order valence-electron chi connectivity index (χ1n) is 6.42. The van der Waals surface area contributed by atoms with Crippen molar-refractivity contribution in [2.24, 2.45) is 5.41 Å². The van der Waals surface area contributed by atoms with Crippen LogP contribution >= 0.6 is 11.6 Å². The Morgan fingerprint density at radius 3 is 2.26 bits per heavy atom. The molecule has 2 N–H and O–H groups in total. The van der Waals surface area contributed by atoms with Crippen molar-refractivity contribution in [1.82, 2.24) is 0 Å². The van der Waals surface area contributed by atoms with Crippen molar-refractivity contribution in [1.29, 1.82) is 0 Å². The minimum atomic E-state index is -0.622. The Bertz CT molecular complexity index is 441. The topological polar surface area (TPSA) is 60.8 Å². The summed E-state index contributed by atoms with van der Waals surface area (Å²) in [4.78, 5) is 14.3. The highest BCUT2D eigenvalue weighted by Gasteiger charge is 2.45. The molecule has 0 radical (unpaired) electrons. The molecule has 5 heteroatoms. The zero-order chi connectivity index (χ0) is 13.9. The van der Waals surface area contributed by atoms with Crippen LogP contribution in [-0.2, 0) is 4.79 Å². The van der Waals surface area contributed by atoms with Crippen molar-refractivity contribution in [3.63, 3.8) is 0 Å². The number of aliphatic hydroxyl groups is 2. The van der Waals surface area contributed by atoms with Crippen molar-refractivity contribution in [3.8, 4) is 0 Å². The molecule has 0 spiro atoms. The second-order valence-electron chi connectivity index (χ2n) is 4.91. The van der Waals surface area contributed by atoms with Crippen LogP contribution in [0.3, 0.4) is 0 Å². The van der Waals surface area contributed by atoms with Crippen molar-refractivity contribution < 1.29 is 15.0 Å². The predicted octanol–water partition coefficient (Wildman–Crippen LogP) is 1.83. The number of hydrogen-bond acceptors (Lipinski definition) is 3. The van der Waals surface area contributed by atoms with Gasteiger partial charge in [0.1, 0.15) is 0 Å². The van der Waals surface area contributed by atoms with Crippen LogP contribution in [0.15, 0.2) is 24.3 Å². The van der Waals surface area contributed by atoms with Crippen LogP contribution in [0.5, 0.6) is 0 Å². The molecular weight excluding hydrogens is 266 g/mol. The van der Waals surface area contributed by atoms with Crippen LogP contribution in [0, 0.1) is 5.41 Å². The van der Waals surface area contributed by atoms with Crippen molar-refractivity contribution >= 4 is 23.2 Å². The average Bonchev–Trinajstić information content (AvgIpc) is 2.70. The number of halogens is 1. The molecule has 1 aromatic carbocycles. The number of carbonyl (C=O) groups excluding carboxylic acids is 1. The summed E-state index contributed by atoms with van der Waals surface area (Å²) >= 11 is 5.84. The first kappa shape index (κ1) is 14.3. The molecule has 1 saturated heterocycles. The van der Waals surface area contributed by atoms with Gasteiger partial charge in [-0.1, -0.05) is 11.6 Å². The number of benzene rings is 1. The van der Waals surface area contributed by atoms with Gasteiger partial charge in [-0.15, -0.1) is 0 Å². The molecule has 4 nitrogen and oxygen atoms in total. The third-order valence-corrected chi connectivity index (χ3v) is 4.08. The summed E-state index contributed by atoms with van der Waals surface area (Å²) in [5.74, 6) is -0.0158. The number of anilines is 1. The molecule has 2 rings (SSSR count). The van der Waals surface area contributed by atoms with Crippen molar-refractivity contribution in [2.75, 3.05) is 24.7 Å². The summed E-state index contributed by atoms with van der Waals surface area (Å²) in [6.07, 6.45) is 1.46. The van der Waals surface area contributed by atoms with E-state index in [2.05, 4.69) is 0 Å². The van der Waals surface area contributed by atoms with Gasteiger partial charge in [-0.3, -0.25) is 4.79 Å². The van der Waals surface area contributed by atoms with Crippen LogP contribution < -0.4 is 4.90 Å². The number of carbonyl (C=O) groups is 1. The lowest BCUT2D eigenvalue weighted by Crippen LogP contribution is -2.36. The minimum absolute atomic E-state index is 0.0158. The van der Waals surface area contributed by atoms with Crippen molar-refractivity contribution in [3.05, 3.63) is 29.3 Å². The maximum Gasteiger partial charge on any atom is 0.233 e. The Labute approximate surface area is 117 Å². The van der Waals surface area contributed by atoms with Gasteiger partial charge in [-0.2, -0.15) is 0 Å². The Morgan fingerprint density at radius 1 is 1.16 bits per heavy atom. The van der Waals surface area contributed by atoms with Gasteiger partial charge in [0, 0.05) is 30.5 Å². The molecule has 1 amide bonds. The molecule has 0 aliphatic carbocycles. The lowest BCUT2D eigenvalue weighted by atomic mass is 9.80. The molecule has 19 heavy (non-hydrogen) atoms. The Morgan fingerprint density at radius 2 is 1.74 bits per heavy atom. The lowest BCUT2D eigenvalue weighted by molar-refractivity contribution is -0.127. The van der Waals surface area contributed by atoms with Gasteiger partial charge in [0.15, 0.2) is 0 Å². The normalized spacial score (nSPS) is 18.1. The van der Waals surface area contributed by atoms with E-state index < -0.39 is 5.41 Å². The summed E-state index contributed by atoms with van der Waals surface area (Å²) in [6, 6.07) is 7.13. The fraction of sp³-hybridized carbons (Fsp3) is 0.500. The largest absolute Gasteiger partial charge is 0.396 e. The zero-order valence-corrected chi connectivity index (χ0v) is 11.4. The second-order valence-corrected chi connectivity index (χ2v) is 5.35. The number of aliphatic hydroxyl groups excluding tert-OH is 2. The minimum Gasteiger partial charge on any atom is -0.396 e. The third kappa shape index (κ3) is 2.76. The van der Waals surface area contributed by atoms with E-state index >= 15 is 0 Å². The highest BCUT2D eigenvalue weighted by molar-refractivity contribution is 6.30. The molecule has 0 unspecified atom stereocenters. The van der Waals surface area contributed by atoms with Gasteiger partial charge >= 0.3 is 0 Å². The quantitative estimate of drug-likeness (QED) is 0.867. The van der Waals surface area contributed by atoms with Crippen LogP contribution in [0.4, 0.5) is 5.69 Å². The number of nitrogens with zero attached hydrogens (tertiary/aromatic N) is 1. The molecule has 1 aliphatic rings. The molecule has 0 aromatic heterocycles. The first-order valence-corrected chi connectivity index (χ1v) is 6.80. The molecule has 0 bridgehead atoms. The van der Waals surface area contributed by atoms with E-state index in [9.17, 15) is 4.79 Å². The number of amides is 1. The van der Waals surface area contributed by atoms with E-state index in [1.165, 1.54) is 0 Å². The maximum absolute atomic E-state index is 12.6. The van der Waals surface area contributed by atoms with Crippen LogP contribution in [0.1, 0.15) is 19.3 Å². The van der Waals surface area contributed by atoms with Crippen LogP contribution in [-0.4, -0.2) is 35.9 Å². The highest BCUT2D eigenvalue weighted by atomic mass is 35.5. The summed E-state index contributed by atoms with van der Waals surface area (Å²) < 4.78 is 0. The molecule has 0 atom stereocenters. The van der Waals surface area contributed by atoms with E-state index in [1.807, 2.05) is 12.1 Å². The Balaban J connectivity index is 2.22. The molecule has 1 aromatic rings. The smallest absolute Gasteiger partial charge is 0.233 e. The average molecular weight is 284 g/mol. The molecule has 104 valence electrons. The summed E-state index contributed by atoms with van der Waals surface area (Å²) in [6.45, 7) is 0.529. The Hall–Kier alpha value is -1.10. The summed E-state index contributed by atoms with van der Waals surface area (Å²) in [7, 11) is 0. The SMILES string of the molecule is O=C1N(c2ccc(Cl)cc2)CCC1(CCO)CCO. The van der Waals surface area contributed by atoms with Crippen LogP contribution in [0.25, 0.3) is 0 Å². The summed E-state index contributed by atoms with van der Waals surface area (Å²) in [5, 5.41) is 19.0. The fourth-order valence-corrected chi connectivity index (χ4v) is 2.83. The second kappa shape index (κ2) is 5.90. The number of rotatable bonds is 5. The molecule has 0 saturated carbocycles. The first-order chi connectivity index (χ1) is 9.13. The monoisotopic (exact) mass is 283 g/mol. The molecule has 1 fully saturated rings. The lowest BCUT2D eigenvalue weighted by Gasteiger charge is -2.26. The fourth-order valence-electron chi connectivity index (χ4n) is 2.70. The van der Waals surface area contributed by atoms with E-state index in [0.717, 1.165) is 5.69 Å². The van der Waals surface area contributed by atoms with Gasteiger partial charge in [0.25, 0.3) is 0 Å². The summed E-state index contributed by atoms with van der Waals surface area (Å²) in [5.41, 5.74) is 0.190. The van der Waals surface area contributed by atoms with E-state index in [0.29, 0.717) is 30.8 Å². The van der Waals surface area contributed by atoms with Gasteiger partial charge in [-0.05, 0) is 43.5 Å². The van der Waals surface area contributed by atoms with Gasteiger partial charge in [0.2, 0.25) is 5.91 Å². The van der Waals surface area contributed by atoms with Gasteiger partial charge in [-0.25, -0.2) is 0 Å². The third-order valence-electron chi connectivity index (χ3n) is 3.83. The molecule has 1 aliphatic heterocycles. The zero-order valence-electron chi connectivity index (χ0n) is 10.7. The highest BCUT2D eigenvalue weighted by Crippen LogP contribution is 2.40. The molecular formula is C14H18ClNO3. The van der Waals surface area contributed by atoms with Gasteiger partial charge in [0.05, 0.1) is 5.41 Å². The van der Waals surface area contributed by atoms with Crippen molar-refractivity contribution in [2.45, 2.75) is 19.3 Å². The van der Waals surface area contributed by atoms with E-state index in [1.54, 1.807) is 17.0 Å². The van der Waals surface area contributed by atoms with Crippen LogP contribution in [0.2, 0.25) is 5.02 Å². The number of hydrogen-bond donors (Lipinski definition) is 2. The predicted molar refractivity (Wildman–Crippen MR) is 74.3 cm³/mol. The maximum atomic E-state index is 12.6. The van der Waals surface area contributed by atoms with Gasteiger partial charge < -0.3 is 15.1 Å². The standard InChI is InChI=1S/C14H18ClNO3/c15-11-1-3-12(4-2-11)16-8-5-14(6-9-17,7-10-18)13(16)19/h1-4,17-18H,5-10H2. The molecule has 1 heterocycles. The van der Waals surface area contributed by atoms with E-state index in [4.69, 9.17) is 21.8 Å². The van der Waals surface area contributed by atoms with E-state index in [-0.39, 0.29) is 19.1 Å².